The molecule has 293 valence electrons. The Hall–Kier alpha value is -6.48. The molecule has 0 atom stereocenters. The van der Waals surface area contributed by atoms with Gasteiger partial charge in [0.15, 0.2) is 0 Å². The van der Waals surface area contributed by atoms with E-state index in [1.807, 2.05) is 0 Å². The summed E-state index contributed by atoms with van der Waals surface area (Å²) in [5, 5.41) is 69.3. The molecule has 0 heterocycles. The van der Waals surface area contributed by atoms with E-state index >= 15 is 0 Å². The van der Waals surface area contributed by atoms with Crippen LogP contribution in [-0.4, -0.2) is 90.7 Å². The fraction of sp³-hybridized carbons (Fsp3) is 0. The number of aromatic hydroxyl groups is 4. The summed E-state index contributed by atoms with van der Waals surface area (Å²) < 4.78 is 61.4. The minimum absolute atomic E-state index is 0. The number of nitro benzene ring substituents is 3. The number of rotatable bonds is 7. The smallest absolute Gasteiger partial charge is 0.319 e. The van der Waals surface area contributed by atoms with Crippen LogP contribution < -0.4 is 22.5 Å². The largest absolute Gasteiger partial charge is 0.508 e. The van der Waals surface area contributed by atoms with E-state index in [0.717, 1.165) is 36.4 Å². The molecule has 0 fully saturated rings. The van der Waals surface area contributed by atoms with Crippen molar-refractivity contribution in [2.24, 2.45) is 0 Å². The van der Waals surface area contributed by atoms with Crippen molar-refractivity contribution in [3.8, 4) is 23.0 Å². The van der Waals surface area contributed by atoms with E-state index in [0.29, 0.717) is 17.4 Å². The summed E-state index contributed by atoms with van der Waals surface area (Å²) in [6.45, 7) is 0. The second kappa shape index (κ2) is 20.3. The predicted molar refractivity (Wildman–Crippen MR) is 201 cm³/mol. The fourth-order valence-electron chi connectivity index (χ4n) is 3.72. The normalized spacial score (nSPS) is 10.3. The molecule has 26 heteroatoms. The minimum atomic E-state index is -4.61. The van der Waals surface area contributed by atoms with Crippen LogP contribution in [0.2, 0.25) is 0 Å². The number of nitrogens with one attached hydrogen (secondary N) is 1. The molecule has 1 radical (unpaired) electrons. The molecule has 0 amide bonds. The first-order chi connectivity index (χ1) is 25.4. The van der Waals surface area contributed by atoms with Gasteiger partial charge in [0.1, 0.15) is 22.1 Å². The number of nitro groups is 3. The van der Waals surface area contributed by atoms with E-state index in [1.165, 1.54) is 24.3 Å². The van der Waals surface area contributed by atoms with Gasteiger partial charge in [-0.05, 0) is 60.7 Å². The number of nitrogens with zero attached hydrogens (tertiary/aromatic N) is 3. The minimum Gasteiger partial charge on any atom is -0.508 e. The van der Waals surface area contributed by atoms with E-state index < -0.39 is 68.4 Å². The Balaban J connectivity index is 0.000000392. The molecule has 56 heavy (non-hydrogen) atoms. The van der Waals surface area contributed by atoms with Gasteiger partial charge >= 0.3 is 5.69 Å². The van der Waals surface area contributed by atoms with Crippen molar-refractivity contribution in [2.45, 2.75) is 9.79 Å². The summed E-state index contributed by atoms with van der Waals surface area (Å²) in [6, 6.07) is 20.0. The van der Waals surface area contributed by atoms with Gasteiger partial charge in [0.2, 0.25) is 5.75 Å². The van der Waals surface area contributed by atoms with Crippen LogP contribution in [0.1, 0.15) is 0 Å². The molecule has 5 aromatic carbocycles. The van der Waals surface area contributed by atoms with E-state index in [1.54, 1.807) is 30.3 Å². The van der Waals surface area contributed by atoms with Crippen molar-refractivity contribution >= 4 is 95.3 Å². The molecule has 13 N–H and O–H groups in total. The first-order valence-electron chi connectivity index (χ1n) is 14.2. The molecule has 0 unspecified atom stereocenters. The number of nitrogens with two attached hydrogens (primary N) is 3. The van der Waals surface area contributed by atoms with Gasteiger partial charge in [-0.3, -0.25) is 39.4 Å². The van der Waals surface area contributed by atoms with Gasteiger partial charge < -0.3 is 42.9 Å². The van der Waals surface area contributed by atoms with Gasteiger partial charge in [-0.15, -0.1) is 0 Å². The first kappa shape index (κ1) is 47.5. The molecule has 23 nitrogen and oxygen atoms in total. The van der Waals surface area contributed by atoms with Gasteiger partial charge in [-0.25, -0.2) is 0 Å². The number of benzene rings is 5. The van der Waals surface area contributed by atoms with Crippen LogP contribution >= 0.6 is 0 Å². The average molecular weight is 831 g/mol. The van der Waals surface area contributed by atoms with Crippen molar-refractivity contribution in [3.63, 3.8) is 0 Å². The van der Waals surface area contributed by atoms with Gasteiger partial charge in [0.05, 0.1) is 42.8 Å². The maximum atomic E-state index is 11.3. The van der Waals surface area contributed by atoms with Crippen LogP contribution in [0.3, 0.4) is 0 Å². The monoisotopic (exact) mass is 830 g/mol. The molecule has 0 aliphatic rings. The number of phenolic OH excluding ortho intramolecular Hbond substituents is 4. The molecule has 0 aliphatic carbocycles. The van der Waals surface area contributed by atoms with Crippen molar-refractivity contribution in [3.05, 3.63) is 127 Å². The number of hydrogen-bond donors (Lipinski definition) is 10. The summed E-state index contributed by atoms with van der Waals surface area (Å²) in [7, 11) is -8.84. The van der Waals surface area contributed by atoms with E-state index in [2.05, 4.69) is 5.32 Å². The number of hydrogen-bond acceptors (Lipinski definition) is 18. The third-order valence-electron chi connectivity index (χ3n) is 6.28. The maximum absolute atomic E-state index is 11.3. The molecule has 0 aromatic heterocycles. The Morgan fingerprint density at radius 3 is 1.57 bits per heavy atom. The van der Waals surface area contributed by atoms with Crippen LogP contribution in [0.25, 0.3) is 0 Å². The third kappa shape index (κ3) is 14.7. The van der Waals surface area contributed by atoms with Gasteiger partial charge in [-0.2, -0.15) is 16.8 Å². The Labute approximate surface area is 337 Å². The molecule has 0 saturated heterocycles. The van der Waals surface area contributed by atoms with E-state index in [4.69, 9.17) is 42.2 Å². The van der Waals surface area contributed by atoms with Crippen LogP contribution in [-0.2, 0) is 20.2 Å². The van der Waals surface area contributed by atoms with Gasteiger partial charge in [0, 0.05) is 65.2 Å². The van der Waals surface area contributed by atoms with Crippen LogP contribution in [0.5, 0.6) is 23.0 Å². The van der Waals surface area contributed by atoms with Gasteiger partial charge in [0.25, 0.3) is 31.6 Å². The molecule has 0 spiro atoms. The maximum Gasteiger partial charge on any atom is 0.319 e. The fourth-order valence-corrected chi connectivity index (χ4v) is 4.90. The van der Waals surface area contributed by atoms with Crippen molar-refractivity contribution in [2.75, 3.05) is 22.5 Å². The Kier molecular flexibility index (Phi) is 17.2. The van der Waals surface area contributed by atoms with Crippen molar-refractivity contribution in [1.82, 2.24) is 0 Å². The molecule has 0 saturated carbocycles. The summed E-state index contributed by atoms with van der Waals surface area (Å²) in [5.74, 6) is -0.807. The molecule has 0 bridgehead atoms. The number of nitrogen functional groups attached to an aromatic ring is 3. The van der Waals surface area contributed by atoms with Crippen molar-refractivity contribution in [1.29, 1.82) is 0 Å². The molecule has 0 aliphatic heterocycles. The second-order valence-corrected chi connectivity index (χ2v) is 13.1. The molecular weight excluding hydrogens is 801 g/mol. The number of anilines is 5. The molecule has 5 aromatic rings. The van der Waals surface area contributed by atoms with Crippen LogP contribution in [0.4, 0.5) is 45.5 Å². The quantitative estimate of drug-likeness (QED) is 0.0277. The average Bonchev–Trinajstić information content (AvgIpc) is 3.08. The van der Waals surface area contributed by atoms with Crippen LogP contribution in [0.15, 0.2) is 107 Å². The summed E-state index contributed by atoms with van der Waals surface area (Å²) in [4.78, 5) is 27.8. The summed E-state index contributed by atoms with van der Waals surface area (Å²) >= 11 is 0. The Bertz CT molecular complexity index is 2420. The van der Waals surface area contributed by atoms with E-state index in [-0.39, 0.29) is 63.1 Å². The SMILES string of the molecule is Nc1cc(S(=O)(=O)O)ccc1O.Nc1cc([N+](=O)[O-])cc([N+](=O)[O-])c1O.Nc1ccc(Nc2ccc([N+](=O)[O-])cc2S(=O)(=O)O)cc1.Oc1cccc(O)c1.[Na]. The molecule has 5 rings (SSSR count). The third-order valence-corrected chi connectivity index (χ3v) is 8.02. The number of non-ortho nitro benzene ring substituents is 2. The van der Waals surface area contributed by atoms with E-state index in [9.17, 15) is 51.7 Å². The first-order valence-corrected chi connectivity index (χ1v) is 17.1. The zero-order valence-electron chi connectivity index (χ0n) is 28.4. The Morgan fingerprint density at radius 1 is 0.589 bits per heavy atom. The molecular formula is C30H29N7NaO16S2. The predicted octanol–water partition coefficient (Wildman–Crippen LogP) is 3.90. The van der Waals surface area contributed by atoms with Crippen LogP contribution in [0, 0.1) is 30.3 Å². The summed E-state index contributed by atoms with van der Waals surface area (Å²) in [6.07, 6.45) is 0. The zero-order valence-corrected chi connectivity index (χ0v) is 32.0. The standard InChI is InChI=1S/C12H11N3O5S.C6H5N3O5.C6H7NO4S.C6H6O2.Na/c13-8-1-3-9(4-2-8)14-11-6-5-10(15(16)17)7-12(11)21(18,19)20;7-4-1-3(8(11)12)2-5(6(4)10)9(13)14;7-5-3-4(12(9,10)11)1-2-6(5)8;7-5-2-1-3-6(8)4-5;/h1-7,14H,13H2,(H,18,19,20);1-2,10H,7H2;1-3,8H,7H2,(H,9,10,11);1-4,7-8H;. The second-order valence-electron chi connectivity index (χ2n) is 10.3. The number of phenols is 4. The van der Waals surface area contributed by atoms with Crippen molar-refractivity contribution < 1.29 is 61.1 Å². The Morgan fingerprint density at radius 2 is 1.14 bits per heavy atom. The van der Waals surface area contributed by atoms with Gasteiger partial charge in [-0.1, -0.05) is 6.07 Å². The topological polar surface area (TPSA) is 409 Å². The zero-order chi connectivity index (χ0) is 41.8. The summed E-state index contributed by atoms with van der Waals surface area (Å²) in [5.41, 5.74) is 14.7.